The van der Waals surface area contributed by atoms with Crippen LogP contribution in [-0.2, 0) is 12.8 Å². The zero-order valence-electron chi connectivity index (χ0n) is 12.0. The van der Waals surface area contributed by atoms with Crippen molar-refractivity contribution in [2.24, 2.45) is 0 Å². The van der Waals surface area contributed by atoms with E-state index >= 15 is 0 Å². The SMILES string of the molecule is Cc1nnc(CCNC(=O)c2ccc3c(c2)C[C@@H](C)O3)s1. The average Bonchev–Trinajstić information content (AvgIpc) is 3.02. The molecule has 1 aromatic heterocycles. The van der Waals surface area contributed by atoms with Crippen LogP contribution in [-0.4, -0.2) is 28.8 Å². The first-order chi connectivity index (χ1) is 10.1. The molecule has 1 atom stereocenters. The molecule has 1 aliphatic heterocycles. The smallest absolute Gasteiger partial charge is 0.251 e. The van der Waals surface area contributed by atoms with Gasteiger partial charge in [-0.3, -0.25) is 4.79 Å². The first-order valence-electron chi connectivity index (χ1n) is 6.98. The van der Waals surface area contributed by atoms with Crippen LogP contribution in [0.2, 0.25) is 0 Å². The van der Waals surface area contributed by atoms with E-state index in [4.69, 9.17) is 4.74 Å². The first-order valence-corrected chi connectivity index (χ1v) is 7.80. The molecule has 1 amide bonds. The Morgan fingerprint density at radius 2 is 2.33 bits per heavy atom. The predicted octanol–water partition coefficient (Wildman–Crippen LogP) is 2.14. The maximum atomic E-state index is 12.1. The van der Waals surface area contributed by atoms with Crippen molar-refractivity contribution in [1.29, 1.82) is 0 Å². The highest BCUT2D eigenvalue weighted by atomic mass is 32.1. The molecule has 6 heteroatoms. The molecule has 0 aliphatic carbocycles. The molecule has 0 radical (unpaired) electrons. The summed E-state index contributed by atoms with van der Waals surface area (Å²) in [6, 6.07) is 5.60. The third kappa shape index (κ3) is 3.21. The van der Waals surface area contributed by atoms with Crippen LogP contribution in [0.15, 0.2) is 18.2 Å². The van der Waals surface area contributed by atoms with Gasteiger partial charge in [-0.15, -0.1) is 21.5 Å². The topological polar surface area (TPSA) is 64.1 Å². The molecule has 1 aliphatic rings. The molecule has 3 rings (SSSR count). The third-order valence-electron chi connectivity index (χ3n) is 3.35. The Hall–Kier alpha value is -1.95. The molecule has 1 aromatic carbocycles. The van der Waals surface area contributed by atoms with Crippen molar-refractivity contribution in [1.82, 2.24) is 15.5 Å². The Kier molecular flexibility index (Phi) is 3.88. The fraction of sp³-hybridized carbons (Fsp3) is 0.400. The largest absolute Gasteiger partial charge is 0.490 e. The summed E-state index contributed by atoms with van der Waals surface area (Å²) in [7, 11) is 0. The third-order valence-corrected chi connectivity index (χ3v) is 4.25. The quantitative estimate of drug-likeness (QED) is 0.940. The first kappa shape index (κ1) is 14.0. The molecule has 1 N–H and O–H groups in total. The maximum absolute atomic E-state index is 12.1. The lowest BCUT2D eigenvalue weighted by atomic mass is 10.1. The summed E-state index contributed by atoms with van der Waals surface area (Å²) in [6.45, 7) is 4.52. The van der Waals surface area contributed by atoms with Gasteiger partial charge in [-0.1, -0.05) is 0 Å². The van der Waals surface area contributed by atoms with E-state index in [1.807, 2.05) is 26.0 Å². The molecular formula is C15H17N3O2S. The zero-order chi connectivity index (χ0) is 14.8. The number of amides is 1. The Morgan fingerprint density at radius 1 is 1.48 bits per heavy atom. The number of aromatic nitrogens is 2. The van der Waals surface area contributed by atoms with Gasteiger partial charge < -0.3 is 10.1 Å². The number of ether oxygens (including phenoxy) is 1. The van der Waals surface area contributed by atoms with E-state index in [2.05, 4.69) is 15.5 Å². The van der Waals surface area contributed by atoms with E-state index in [9.17, 15) is 4.79 Å². The van der Waals surface area contributed by atoms with Crippen LogP contribution in [0, 0.1) is 6.92 Å². The van der Waals surface area contributed by atoms with Crippen molar-refractivity contribution in [3.8, 4) is 5.75 Å². The lowest BCUT2D eigenvalue weighted by Gasteiger charge is -2.05. The number of fused-ring (bicyclic) bond motifs is 1. The van der Waals surface area contributed by atoms with Crippen molar-refractivity contribution in [2.75, 3.05) is 6.54 Å². The molecule has 110 valence electrons. The van der Waals surface area contributed by atoms with Crippen molar-refractivity contribution in [2.45, 2.75) is 32.8 Å². The molecule has 5 nitrogen and oxygen atoms in total. The van der Waals surface area contributed by atoms with E-state index in [0.717, 1.165) is 27.7 Å². The van der Waals surface area contributed by atoms with Gasteiger partial charge >= 0.3 is 0 Å². The summed E-state index contributed by atoms with van der Waals surface area (Å²) in [5, 5.41) is 12.8. The molecular weight excluding hydrogens is 286 g/mol. The number of hydrogen-bond donors (Lipinski definition) is 1. The maximum Gasteiger partial charge on any atom is 0.251 e. The van der Waals surface area contributed by atoms with E-state index in [-0.39, 0.29) is 12.0 Å². The van der Waals surface area contributed by atoms with Crippen LogP contribution >= 0.6 is 11.3 Å². The van der Waals surface area contributed by atoms with Crippen LogP contribution in [0.1, 0.15) is 32.9 Å². The minimum Gasteiger partial charge on any atom is -0.490 e. The van der Waals surface area contributed by atoms with Crippen LogP contribution in [0.25, 0.3) is 0 Å². The van der Waals surface area contributed by atoms with Crippen LogP contribution in [0.4, 0.5) is 0 Å². The van der Waals surface area contributed by atoms with Crippen molar-refractivity contribution in [3.05, 3.63) is 39.3 Å². The van der Waals surface area contributed by atoms with Crippen molar-refractivity contribution < 1.29 is 9.53 Å². The zero-order valence-corrected chi connectivity index (χ0v) is 12.9. The number of nitrogens with zero attached hydrogens (tertiary/aromatic N) is 2. The van der Waals surface area contributed by atoms with Gasteiger partial charge in [0.05, 0.1) is 0 Å². The van der Waals surface area contributed by atoms with E-state index in [1.54, 1.807) is 17.4 Å². The summed E-state index contributed by atoms with van der Waals surface area (Å²) in [5.74, 6) is 0.835. The van der Waals surface area contributed by atoms with Crippen molar-refractivity contribution in [3.63, 3.8) is 0 Å². The van der Waals surface area contributed by atoms with Gasteiger partial charge in [0.1, 0.15) is 21.9 Å². The molecule has 0 saturated heterocycles. The molecule has 21 heavy (non-hydrogen) atoms. The summed E-state index contributed by atoms with van der Waals surface area (Å²) >= 11 is 1.56. The average molecular weight is 303 g/mol. The van der Waals surface area contributed by atoms with Crippen LogP contribution in [0.3, 0.4) is 0 Å². The number of aryl methyl sites for hydroxylation is 1. The second-order valence-electron chi connectivity index (χ2n) is 5.18. The summed E-state index contributed by atoms with van der Waals surface area (Å²) in [6.07, 6.45) is 1.77. The van der Waals surface area contributed by atoms with Gasteiger partial charge in [-0.05, 0) is 37.6 Å². The summed E-state index contributed by atoms with van der Waals surface area (Å²) in [4.78, 5) is 12.1. The fourth-order valence-electron chi connectivity index (χ4n) is 2.39. The lowest BCUT2D eigenvalue weighted by Crippen LogP contribution is -2.25. The molecule has 0 saturated carbocycles. The van der Waals surface area contributed by atoms with Gasteiger partial charge in [0.15, 0.2) is 0 Å². The van der Waals surface area contributed by atoms with Gasteiger partial charge in [0.2, 0.25) is 0 Å². The molecule has 2 heterocycles. The Bertz CT molecular complexity index is 669. The van der Waals surface area contributed by atoms with Crippen LogP contribution in [0.5, 0.6) is 5.75 Å². The highest BCUT2D eigenvalue weighted by Crippen LogP contribution is 2.29. The lowest BCUT2D eigenvalue weighted by molar-refractivity contribution is 0.0954. The molecule has 0 fully saturated rings. The van der Waals surface area contributed by atoms with Gasteiger partial charge in [-0.25, -0.2) is 0 Å². The second-order valence-corrected chi connectivity index (χ2v) is 6.44. The van der Waals surface area contributed by atoms with Gasteiger partial charge in [0.25, 0.3) is 5.91 Å². The molecule has 2 aromatic rings. The molecule has 0 spiro atoms. The van der Waals surface area contributed by atoms with Gasteiger partial charge in [0, 0.05) is 24.9 Å². The second kappa shape index (κ2) is 5.81. The van der Waals surface area contributed by atoms with Gasteiger partial charge in [-0.2, -0.15) is 0 Å². The van der Waals surface area contributed by atoms with E-state index < -0.39 is 0 Å². The number of benzene rings is 1. The number of hydrogen-bond acceptors (Lipinski definition) is 5. The van der Waals surface area contributed by atoms with Crippen LogP contribution < -0.4 is 10.1 Å². The minimum atomic E-state index is -0.0569. The Morgan fingerprint density at radius 3 is 3.10 bits per heavy atom. The summed E-state index contributed by atoms with van der Waals surface area (Å²) < 4.78 is 5.64. The highest BCUT2D eigenvalue weighted by Gasteiger charge is 2.20. The Labute approximate surface area is 127 Å². The predicted molar refractivity (Wildman–Crippen MR) is 80.9 cm³/mol. The monoisotopic (exact) mass is 303 g/mol. The van der Waals surface area contributed by atoms with E-state index in [1.165, 1.54) is 0 Å². The molecule has 0 unspecified atom stereocenters. The minimum absolute atomic E-state index is 0.0569. The number of nitrogens with one attached hydrogen (secondary N) is 1. The standard InChI is InChI=1S/C15H17N3O2S/c1-9-7-12-8-11(3-4-13(12)20-9)15(19)16-6-5-14-18-17-10(2)21-14/h3-4,8-9H,5-7H2,1-2H3,(H,16,19)/t9-/m1/s1. The number of carbonyl (C=O) groups is 1. The highest BCUT2D eigenvalue weighted by molar-refractivity contribution is 7.11. The number of carbonyl (C=O) groups excluding carboxylic acids is 1. The Balaban J connectivity index is 1.57. The number of rotatable bonds is 4. The fourth-order valence-corrected chi connectivity index (χ4v) is 3.10. The molecule has 0 bridgehead atoms. The van der Waals surface area contributed by atoms with E-state index in [0.29, 0.717) is 18.5 Å². The normalized spacial score (nSPS) is 16.4. The summed E-state index contributed by atoms with van der Waals surface area (Å²) in [5.41, 5.74) is 1.79. The van der Waals surface area contributed by atoms with Crippen molar-refractivity contribution >= 4 is 17.2 Å².